The fourth-order valence-corrected chi connectivity index (χ4v) is 5.58. The molecule has 0 bridgehead atoms. The molecule has 2 saturated heterocycles. The predicted octanol–water partition coefficient (Wildman–Crippen LogP) is 5.02. The van der Waals surface area contributed by atoms with Crippen LogP contribution in [0.15, 0.2) is 48.5 Å². The van der Waals surface area contributed by atoms with Crippen molar-refractivity contribution in [3.63, 3.8) is 0 Å². The van der Waals surface area contributed by atoms with Gasteiger partial charge < -0.3 is 20.4 Å². The summed E-state index contributed by atoms with van der Waals surface area (Å²) < 4.78 is 0. The Kier molecular flexibility index (Phi) is 10.3. The van der Waals surface area contributed by atoms with Gasteiger partial charge in [-0.2, -0.15) is 0 Å². The minimum Gasteiger partial charge on any atom is -0.351 e. The Morgan fingerprint density at radius 2 is 1.68 bits per heavy atom. The van der Waals surface area contributed by atoms with Crippen molar-refractivity contribution in [1.82, 2.24) is 20.4 Å². The Morgan fingerprint density at radius 1 is 0.973 bits per heavy atom. The molecule has 0 spiro atoms. The molecule has 4 rings (SSSR count). The molecule has 0 unspecified atom stereocenters. The van der Waals surface area contributed by atoms with Crippen molar-refractivity contribution in [2.75, 3.05) is 32.7 Å². The highest BCUT2D eigenvalue weighted by molar-refractivity contribution is 6.34. The van der Waals surface area contributed by atoms with Crippen LogP contribution in [0, 0.1) is 0 Å². The molecule has 2 heterocycles. The van der Waals surface area contributed by atoms with E-state index in [9.17, 15) is 9.59 Å². The smallest absolute Gasteiger partial charge is 0.244 e. The number of nitrogens with zero attached hydrogens (tertiary/aromatic N) is 2. The average Bonchev–Trinajstić information content (AvgIpc) is 3.01. The van der Waals surface area contributed by atoms with Crippen LogP contribution in [0.5, 0.6) is 0 Å². The minimum atomic E-state index is -0.346. The molecular weight excluding hydrogens is 531 g/mol. The topological polar surface area (TPSA) is 64.7 Å². The second-order valence-electron chi connectivity index (χ2n) is 9.73. The molecule has 2 aliphatic heterocycles. The van der Waals surface area contributed by atoms with Crippen LogP contribution in [0.3, 0.4) is 0 Å². The Bertz CT molecular complexity index is 1080. The number of rotatable bonds is 8. The summed E-state index contributed by atoms with van der Waals surface area (Å²) in [7, 11) is 0. The van der Waals surface area contributed by atoms with Gasteiger partial charge in [0.15, 0.2) is 0 Å². The Hall–Kier alpha value is -2.09. The van der Waals surface area contributed by atoms with Crippen molar-refractivity contribution >= 4 is 52.7 Å². The Balaban J connectivity index is 1.40. The molecule has 0 aliphatic carbocycles. The Labute approximate surface area is 233 Å². The lowest BCUT2D eigenvalue weighted by molar-refractivity contribution is -0.133. The van der Waals surface area contributed by atoms with E-state index in [0.717, 1.165) is 43.5 Å². The predicted molar refractivity (Wildman–Crippen MR) is 151 cm³/mol. The zero-order chi connectivity index (χ0) is 26.2. The molecule has 2 aliphatic rings. The van der Waals surface area contributed by atoms with Gasteiger partial charge in [-0.05, 0) is 79.9 Å². The standard InChI is InChI=1S/C28H33Cl3N4O2/c29-22-7-4-20(5-8-22)6-9-27(36)32-17-25-10-13-35(18-21-14-23(30)16-24(31)15-21)28(37)26(33-25)19-34-11-2-1-3-12-34/h4-9,14-16,25-26,33H,1-3,10-13,17-19H2,(H,32,36)/t25-,26-/m0/s1. The number of piperidine rings is 1. The molecule has 2 amide bonds. The monoisotopic (exact) mass is 562 g/mol. The van der Waals surface area contributed by atoms with E-state index in [0.29, 0.717) is 41.2 Å². The lowest BCUT2D eigenvalue weighted by Gasteiger charge is -2.32. The maximum Gasteiger partial charge on any atom is 0.244 e. The van der Waals surface area contributed by atoms with Crippen LogP contribution in [0.4, 0.5) is 0 Å². The van der Waals surface area contributed by atoms with Crippen LogP contribution in [-0.2, 0) is 16.1 Å². The van der Waals surface area contributed by atoms with Gasteiger partial charge in [-0.15, -0.1) is 0 Å². The maximum absolute atomic E-state index is 13.6. The third-order valence-corrected chi connectivity index (χ3v) is 7.49. The first-order valence-electron chi connectivity index (χ1n) is 12.8. The second-order valence-corrected chi connectivity index (χ2v) is 11.0. The summed E-state index contributed by atoms with van der Waals surface area (Å²) in [6, 6.07) is 12.3. The van der Waals surface area contributed by atoms with E-state index in [-0.39, 0.29) is 23.9 Å². The lowest BCUT2D eigenvalue weighted by atomic mass is 10.1. The summed E-state index contributed by atoms with van der Waals surface area (Å²) in [6.07, 6.45) is 7.55. The molecule has 0 aromatic heterocycles. The zero-order valence-corrected chi connectivity index (χ0v) is 23.0. The number of hydrogen-bond donors (Lipinski definition) is 2. The Morgan fingerprint density at radius 3 is 2.38 bits per heavy atom. The van der Waals surface area contributed by atoms with E-state index < -0.39 is 0 Å². The summed E-state index contributed by atoms with van der Waals surface area (Å²) in [6.45, 7) is 4.13. The van der Waals surface area contributed by atoms with Gasteiger partial charge in [0, 0.05) is 53.4 Å². The fourth-order valence-electron chi connectivity index (χ4n) is 4.88. The number of benzene rings is 2. The van der Waals surface area contributed by atoms with E-state index >= 15 is 0 Å². The maximum atomic E-state index is 13.6. The van der Waals surface area contributed by atoms with Crippen molar-refractivity contribution < 1.29 is 9.59 Å². The largest absolute Gasteiger partial charge is 0.351 e. The van der Waals surface area contributed by atoms with Crippen LogP contribution in [-0.4, -0.2) is 66.4 Å². The van der Waals surface area contributed by atoms with E-state index in [4.69, 9.17) is 34.8 Å². The van der Waals surface area contributed by atoms with Crippen LogP contribution in [0.25, 0.3) is 6.08 Å². The normalized spacial score (nSPS) is 21.3. The number of nitrogens with one attached hydrogen (secondary N) is 2. The summed E-state index contributed by atoms with van der Waals surface area (Å²) in [5, 5.41) is 8.30. The van der Waals surface area contributed by atoms with Crippen molar-refractivity contribution in [3.05, 3.63) is 74.7 Å². The SMILES string of the molecule is O=C(C=Cc1ccc(Cl)cc1)NC[C@@H]1CCN(Cc2cc(Cl)cc(Cl)c2)C(=O)[C@H](CN2CCCCC2)N1. The molecule has 198 valence electrons. The van der Waals surface area contributed by atoms with E-state index in [1.54, 1.807) is 24.3 Å². The highest BCUT2D eigenvalue weighted by Crippen LogP contribution is 2.22. The lowest BCUT2D eigenvalue weighted by Crippen LogP contribution is -2.54. The summed E-state index contributed by atoms with van der Waals surface area (Å²) in [5.74, 6) is -0.108. The van der Waals surface area contributed by atoms with Gasteiger partial charge in [-0.3, -0.25) is 9.59 Å². The van der Waals surface area contributed by atoms with Crippen LogP contribution in [0.2, 0.25) is 15.1 Å². The molecule has 2 fully saturated rings. The molecule has 2 aromatic carbocycles. The highest BCUT2D eigenvalue weighted by Gasteiger charge is 2.32. The highest BCUT2D eigenvalue weighted by atomic mass is 35.5. The van der Waals surface area contributed by atoms with Crippen LogP contribution < -0.4 is 10.6 Å². The van der Waals surface area contributed by atoms with Crippen molar-refractivity contribution in [2.45, 2.75) is 44.3 Å². The minimum absolute atomic E-state index is 0.0282. The number of likely N-dealkylation sites (tertiary alicyclic amines) is 1. The van der Waals surface area contributed by atoms with E-state index in [1.807, 2.05) is 29.2 Å². The molecule has 0 saturated carbocycles. The molecule has 0 radical (unpaired) electrons. The fraction of sp³-hybridized carbons (Fsp3) is 0.429. The number of amides is 2. The van der Waals surface area contributed by atoms with Gasteiger partial charge in [-0.25, -0.2) is 0 Å². The van der Waals surface area contributed by atoms with Gasteiger partial charge in [0.1, 0.15) is 0 Å². The average molecular weight is 564 g/mol. The number of carbonyl (C=O) groups is 2. The van der Waals surface area contributed by atoms with E-state index in [1.165, 1.54) is 12.5 Å². The third kappa shape index (κ3) is 8.72. The van der Waals surface area contributed by atoms with Gasteiger partial charge >= 0.3 is 0 Å². The first-order valence-corrected chi connectivity index (χ1v) is 13.9. The number of carbonyl (C=O) groups excluding carboxylic acids is 2. The molecule has 37 heavy (non-hydrogen) atoms. The van der Waals surface area contributed by atoms with Gasteiger partial charge in [0.2, 0.25) is 11.8 Å². The van der Waals surface area contributed by atoms with E-state index in [2.05, 4.69) is 15.5 Å². The van der Waals surface area contributed by atoms with Gasteiger partial charge in [0.05, 0.1) is 6.04 Å². The molecule has 2 atom stereocenters. The summed E-state index contributed by atoms with van der Waals surface area (Å²) >= 11 is 18.3. The number of halogens is 3. The molecule has 2 aromatic rings. The molecular formula is C28H33Cl3N4O2. The van der Waals surface area contributed by atoms with Crippen molar-refractivity contribution in [2.24, 2.45) is 0 Å². The summed E-state index contributed by atoms with van der Waals surface area (Å²) in [4.78, 5) is 30.4. The second kappa shape index (κ2) is 13.6. The van der Waals surface area contributed by atoms with Crippen molar-refractivity contribution in [3.8, 4) is 0 Å². The molecule has 9 heteroatoms. The third-order valence-electron chi connectivity index (χ3n) is 6.80. The first kappa shape index (κ1) is 27.9. The number of hydrogen-bond acceptors (Lipinski definition) is 4. The zero-order valence-electron chi connectivity index (χ0n) is 20.8. The molecule has 2 N–H and O–H groups in total. The molecule has 6 nitrogen and oxygen atoms in total. The first-order chi connectivity index (χ1) is 17.9. The quantitative estimate of drug-likeness (QED) is 0.443. The van der Waals surface area contributed by atoms with Gasteiger partial charge in [-0.1, -0.05) is 53.4 Å². The van der Waals surface area contributed by atoms with Gasteiger partial charge in [0.25, 0.3) is 0 Å². The summed E-state index contributed by atoms with van der Waals surface area (Å²) in [5.41, 5.74) is 1.80. The van der Waals surface area contributed by atoms with Crippen LogP contribution >= 0.6 is 34.8 Å². The van der Waals surface area contributed by atoms with Crippen LogP contribution in [0.1, 0.15) is 36.8 Å². The van der Waals surface area contributed by atoms with Crippen molar-refractivity contribution in [1.29, 1.82) is 0 Å².